The molecule has 1 aliphatic rings. The number of hydrogen-bond acceptors (Lipinski definition) is 7. The minimum atomic E-state index is -1.31. The highest BCUT2D eigenvalue weighted by Gasteiger charge is 2.39. The number of rotatable bonds is 11. The van der Waals surface area contributed by atoms with Gasteiger partial charge < -0.3 is 37.1 Å². The van der Waals surface area contributed by atoms with Crippen molar-refractivity contribution in [2.45, 2.75) is 63.2 Å². The number of carboxylic acids is 1. The van der Waals surface area contributed by atoms with E-state index >= 15 is 0 Å². The van der Waals surface area contributed by atoms with E-state index in [4.69, 9.17) is 11.5 Å². The van der Waals surface area contributed by atoms with Crippen LogP contribution in [0, 0.1) is 0 Å². The molecular formula is C19H29N7O6. The zero-order chi connectivity index (χ0) is 23.8. The zero-order valence-corrected chi connectivity index (χ0v) is 17.7. The minimum absolute atomic E-state index is 0.110. The fraction of sp³-hybridized carbons (Fsp3) is 0.579. The summed E-state index contributed by atoms with van der Waals surface area (Å²) in [6, 6.07) is -4.06. The molecule has 0 saturated carbocycles. The first-order valence-corrected chi connectivity index (χ1v) is 10.2. The van der Waals surface area contributed by atoms with Gasteiger partial charge in [0.15, 0.2) is 0 Å². The molecule has 1 fully saturated rings. The Morgan fingerprint density at radius 2 is 2.00 bits per heavy atom. The van der Waals surface area contributed by atoms with Gasteiger partial charge in [0.05, 0.1) is 12.4 Å². The van der Waals surface area contributed by atoms with Gasteiger partial charge in [0.2, 0.25) is 23.6 Å². The highest BCUT2D eigenvalue weighted by atomic mass is 16.4. The second-order valence-corrected chi connectivity index (χ2v) is 7.72. The molecule has 4 amide bonds. The molecule has 2 rings (SSSR count). The molecule has 4 atom stereocenters. The molecule has 1 aliphatic heterocycles. The van der Waals surface area contributed by atoms with Crippen LogP contribution in [-0.2, 0) is 30.4 Å². The van der Waals surface area contributed by atoms with E-state index in [2.05, 4.69) is 20.6 Å². The molecule has 13 nitrogen and oxygen atoms in total. The summed E-state index contributed by atoms with van der Waals surface area (Å²) >= 11 is 0. The van der Waals surface area contributed by atoms with E-state index in [0.717, 1.165) is 0 Å². The molecule has 1 aromatic rings. The summed E-state index contributed by atoms with van der Waals surface area (Å²) in [6.07, 6.45) is 3.55. The van der Waals surface area contributed by atoms with Crippen LogP contribution in [0.5, 0.6) is 0 Å². The number of hydrogen-bond donors (Lipinski definition) is 6. The molecule has 13 heteroatoms. The number of likely N-dealkylation sites (tertiary alicyclic amines) is 1. The second kappa shape index (κ2) is 11.2. The highest BCUT2D eigenvalue weighted by Crippen LogP contribution is 2.20. The zero-order valence-electron chi connectivity index (χ0n) is 17.7. The maximum absolute atomic E-state index is 13.3. The maximum atomic E-state index is 13.3. The Labute approximate surface area is 184 Å². The van der Waals surface area contributed by atoms with Crippen molar-refractivity contribution in [2.24, 2.45) is 11.5 Å². The molecular weight excluding hydrogens is 422 g/mol. The molecule has 1 aromatic heterocycles. The molecule has 176 valence electrons. The predicted molar refractivity (Wildman–Crippen MR) is 111 cm³/mol. The number of nitrogens with zero attached hydrogens (tertiary/aromatic N) is 2. The van der Waals surface area contributed by atoms with E-state index in [1.807, 2.05) is 0 Å². The van der Waals surface area contributed by atoms with Gasteiger partial charge in [-0.3, -0.25) is 19.2 Å². The average molecular weight is 451 g/mol. The first-order valence-electron chi connectivity index (χ1n) is 10.2. The Morgan fingerprint density at radius 1 is 1.28 bits per heavy atom. The molecule has 2 heterocycles. The van der Waals surface area contributed by atoms with E-state index in [0.29, 0.717) is 18.5 Å². The van der Waals surface area contributed by atoms with Crippen molar-refractivity contribution in [3.8, 4) is 0 Å². The summed E-state index contributed by atoms with van der Waals surface area (Å²) in [5.41, 5.74) is 11.3. The van der Waals surface area contributed by atoms with Crippen LogP contribution < -0.4 is 22.1 Å². The van der Waals surface area contributed by atoms with Crippen molar-refractivity contribution >= 4 is 29.6 Å². The number of carboxylic acid groups (broad SMARTS) is 1. The fourth-order valence-corrected chi connectivity index (χ4v) is 3.43. The molecule has 0 spiro atoms. The first-order chi connectivity index (χ1) is 15.1. The normalized spacial score (nSPS) is 18.4. The van der Waals surface area contributed by atoms with Gasteiger partial charge in [-0.2, -0.15) is 0 Å². The van der Waals surface area contributed by atoms with Crippen LogP contribution in [0.3, 0.4) is 0 Å². The summed E-state index contributed by atoms with van der Waals surface area (Å²) < 4.78 is 0. The van der Waals surface area contributed by atoms with Gasteiger partial charge in [0.25, 0.3) is 0 Å². The van der Waals surface area contributed by atoms with Crippen LogP contribution in [-0.4, -0.2) is 80.3 Å². The number of aromatic amines is 1. The van der Waals surface area contributed by atoms with Crippen LogP contribution in [0.1, 0.15) is 38.3 Å². The monoisotopic (exact) mass is 451 g/mol. The quantitative estimate of drug-likeness (QED) is 0.213. The van der Waals surface area contributed by atoms with Gasteiger partial charge in [-0.15, -0.1) is 0 Å². The molecule has 0 radical (unpaired) electrons. The van der Waals surface area contributed by atoms with Crippen LogP contribution in [0.15, 0.2) is 12.5 Å². The third-order valence-electron chi connectivity index (χ3n) is 5.14. The Balaban J connectivity index is 2.14. The van der Waals surface area contributed by atoms with Crippen molar-refractivity contribution < 1.29 is 29.1 Å². The molecule has 0 aromatic carbocycles. The summed E-state index contributed by atoms with van der Waals surface area (Å²) in [6.45, 7) is 1.75. The van der Waals surface area contributed by atoms with Crippen molar-refractivity contribution in [1.82, 2.24) is 25.5 Å². The van der Waals surface area contributed by atoms with Crippen LogP contribution in [0.2, 0.25) is 0 Å². The summed E-state index contributed by atoms with van der Waals surface area (Å²) in [5.74, 6) is -3.66. The number of H-pyrrole nitrogens is 1. The van der Waals surface area contributed by atoms with Crippen molar-refractivity contribution in [3.05, 3.63) is 18.2 Å². The lowest BCUT2D eigenvalue weighted by molar-refractivity contribution is -0.145. The number of primary amides is 1. The Hall–Kier alpha value is -3.48. The van der Waals surface area contributed by atoms with Gasteiger partial charge in [-0.1, -0.05) is 0 Å². The number of aliphatic carboxylic acids is 1. The van der Waals surface area contributed by atoms with Crippen LogP contribution in [0.4, 0.5) is 0 Å². The van der Waals surface area contributed by atoms with Crippen molar-refractivity contribution in [3.63, 3.8) is 0 Å². The number of aromatic nitrogens is 2. The smallest absolute Gasteiger partial charge is 0.326 e. The maximum Gasteiger partial charge on any atom is 0.326 e. The Kier molecular flexibility index (Phi) is 8.70. The largest absolute Gasteiger partial charge is 0.480 e. The Bertz CT molecular complexity index is 841. The van der Waals surface area contributed by atoms with Gasteiger partial charge in [0.1, 0.15) is 18.1 Å². The standard InChI is InChI=1S/C19H29N7O6/c1-10(20)16(28)25-13(7-11-8-22-9-23-11)18(30)26-6-2-3-14(26)17(29)24-12(19(31)32)4-5-15(21)27/h8-10,12-14H,2-7,20H2,1H3,(H2,21,27)(H,22,23)(H,24,29)(H,25,28)(H,31,32). The molecule has 0 aliphatic carbocycles. The van der Waals surface area contributed by atoms with E-state index in [1.165, 1.54) is 24.3 Å². The van der Waals surface area contributed by atoms with E-state index in [-0.39, 0.29) is 25.8 Å². The topological polar surface area (TPSA) is 214 Å². The van der Waals surface area contributed by atoms with E-state index < -0.39 is 53.8 Å². The number of amides is 4. The highest BCUT2D eigenvalue weighted by molar-refractivity contribution is 5.94. The number of nitrogens with one attached hydrogen (secondary N) is 3. The van der Waals surface area contributed by atoms with Crippen LogP contribution in [0.25, 0.3) is 0 Å². The fourth-order valence-electron chi connectivity index (χ4n) is 3.43. The lowest BCUT2D eigenvalue weighted by atomic mass is 10.1. The third kappa shape index (κ3) is 6.77. The summed E-state index contributed by atoms with van der Waals surface area (Å²) in [5, 5.41) is 14.3. The van der Waals surface area contributed by atoms with Crippen LogP contribution >= 0.6 is 0 Å². The molecule has 1 saturated heterocycles. The van der Waals surface area contributed by atoms with E-state index in [1.54, 1.807) is 0 Å². The Morgan fingerprint density at radius 3 is 2.56 bits per heavy atom. The summed E-state index contributed by atoms with van der Waals surface area (Å²) in [4.78, 5) is 68.7. The third-order valence-corrected chi connectivity index (χ3v) is 5.14. The number of carbonyl (C=O) groups excluding carboxylic acids is 4. The molecule has 4 unspecified atom stereocenters. The van der Waals surface area contributed by atoms with E-state index in [9.17, 15) is 29.1 Å². The minimum Gasteiger partial charge on any atom is -0.480 e. The molecule has 32 heavy (non-hydrogen) atoms. The average Bonchev–Trinajstić information content (AvgIpc) is 3.41. The molecule has 8 N–H and O–H groups in total. The predicted octanol–water partition coefficient (Wildman–Crippen LogP) is -2.39. The van der Waals surface area contributed by atoms with Gasteiger partial charge in [-0.25, -0.2) is 9.78 Å². The van der Waals surface area contributed by atoms with Crippen molar-refractivity contribution in [1.29, 1.82) is 0 Å². The number of carbonyl (C=O) groups is 5. The number of nitrogens with two attached hydrogens (primary N) is 2. The lowest BCUT2D eigenvalue weighted by Crippen LogP contribution is -2.57. The van der Waals surface area contributed by atoms with Crippen molar-refractivity contribution in [2.75, 3.05) is 6.54 Å². The second-order valence-electron chi connectivity index (χ2n) is 7.72. The van der Waals surface area contributed by atoms with Gasteiger partial charge in [0, 0.05) is 31.3 Å². The molecule has 0 bridgehead atoms. The lowest BCUT2D eigenvalue weighted by Gasteiger charge is -2.29. The summed E-state index contributed by atoms with van der Waals surface area (Å²) in [7, 11) is 0. The SMILES string of the molecule is CC(N)C(=O)NC(Cc1cnc[nH]1)C(=O)N1CCCC1C(=O)NC(CCC(N)=O)C(=O)O. The number of imidazole rings is 1. The van der Waals surface area contributed by atoms with Gasteiger partial charge >= 0.3 is 5.97 Å². The van der Waals surface area contributed by atoms with Gasteiger partial charge in [-0.05, 0) is 26.2 Å². The first kappa shape index (κ1) is 24.8.